The summed E-state index contributed by atoms with van der Waals surface area (Å²) in [6.07, 6.45) is 23.4. The second-order valence-electron chi connectivity index (χ2n) is 8.00. The van der Waals surface area contributed by atoms with Gasteiger partial charge in [-0.05, 0) is 32.5 Å². The van der Waals surface area contributed by atoms with Gasteiger partial charge in [0, 0.05) is 0 Å². The lowest BCUT2D eigenvalue weighted by Gasteiger charge is -2.17. The molecule has 0 aliphatic carbocycles. The quantitative estimate of drug-likeness (QED) is 0.139. The first kappa shape index (κ1) is 26.4. The highest BCUT2D eigenvalue weighted by Crippen LogP contribution is 2.14. The Hall–Kier alpha value is -0.570. The maximum Gasteiger partial charge on any atom is 0.293 e. The molecule has 0 saturated carbocycles. The van der Waals surface area contributed by atoms with Crippen LogP contribution in [0.4, 0.5) is 0 Å². The van der Waals surface area contributed by atoms with E-state index in [-0.39, 0.29) is 0 Å². The summed E-state index contributed by atoms with van der Waals surface area (Å²) in [7, 11) is 0. The van der Waals surface area contributed by atoms with E-state index in [9.17, 15) is 4.79 Å². The Kier molecular flexibility index (Phi) is 23.0. The molecule has 0 amide bonds. The lowest BCUT2D eigenvalue weighted by molar-refractivity contribution is -0.128. The number of nitrogens with zero attached hydrogens (tertiary/aromatic N) is 1. The highest BCUT2D eigenvalue weighted by molar-refractivity contribution is 5.36. The second-order valence-corrected chi connectivity index (χ2v) is 8.00. The van der Waals surface area contributed by atoms with Crippen LogP contribution in [0, 0.1) is 0 Å². The molecule has 3 nitrogen and oxygen atoms in total. The number of unbranched alkanes of at least 4 members (excludes halogenated alkanes) is 16. The van der Waals surface area contributed by atoms with E-state index < -0.39 is 0 Å². The summed E-state index contributed by atoms with van der Waals surface area (Å²) in [5.74, 6) is 0. The first-order valence-electron chi connectivity index (χ1n) is 12.1. The van der Waals surface area contributed by atoms with Crippen molar-refractivity contribution in [2.75, 3.05) is 26.2 Å². The van der Waals surface area contributed by atoms with Gasteiger partial charge in [-0.2, -0.15) is 0 Å². The molecule has 3 heteroatoms. The van der Waals surface area contributed by atoms with Crippen molar-refractivity contribution in [1.29, 1.82) is 0 Å². The van der Waals surface area contributed by atoms with Gasteiger partial charge < -0.3 is 9.64 Å². The van der Waals surface area contributed by atoms with E-state index in [0.717, 1.165) is 6.42 Å². The van der Waals surface area contributed by atoms with E-state index in [2.05, 4.69) is 18.7 Å². The minimum Gasteiger partial charge on any atom is -0.468 e. The minimum atomic E-state index is 0.551. The summed E-state index contributed by atoms with van der Waals surface area (Å²) in [6.45, 7) is 9.38. The van der Waals surface area contributed by atoms with Gasteiger partial charge in [-0.15, -0.1) is 0 Å². The molecule has 0 bridgehead atoms. The van der Waals surface area contributed by atoms with E-state index >= 15 is 0 Å². The summed E-state index contributed by atoms with van der Waals surface area (Å²) in [6, 6.07) is 0. The van der Waals surface area contributed by atoms with Crippen molar-refractivity contribution in [2.24, 2.45) is 0 Å². The van der Waals surface area contributed by atoms with Gasteiger partial charge in [-0.3, -0.25) is 4.79 Å². The van der Waals surface area contributed by atoms with Crippen molar-refractivity contribution in [1.82, 2.24) is 4.90 Å². The molecule has 0 aliphatic heterocycles. The van der Waals surface area contributed by atoms with E-state index in [1.165, 1.54) is 122 Å². The van der Waals surface area contributed by atoms with Crippen molar-refractivity contribution in [2.45, 2.75) is 123 Å². The largest absolute Gasteiger partial charge is 0.468 e. The molecule has 0 fully saturated rings. The fourth-order valence-electron chi connectivity index (χ4n) is 3.76. The highest BCUT2D eigenvalue weighted by atomic mass is 16.5. The standard InChI is InChI=1S/C24H49NO2/c1-3-25(4-2)22-20-18-16-14-12-10-8-6-5-7-9-11-13-15-17-19-21-23-27-24-26/h24H,3-23H2,1-2H3. The van der Waals surface area contributed by atoms with E-state index in [4.69, 9.17) is 4.74 Å². The van der Waals surface area contributed by atoms with Crippen LogP contribution in [0.5, 0.6) is 0 Å². The van der Waals surface area contributed by atoms with E-state index in [1.54, 1.807) is 0 Å². The van der Waals surface area contributed by atoms with Crippen LogP contribution in [0.25, 0.3) is 0 Å². The third kappa shape index (κ3) is 21.6. The van der Waals surface area contributed by atoms with Gasteiger partial charge in [-0.25, -0.2) is 0 Å². The third-order valence-electron chi connectivity index (χ3n) is 5.70. The molecular weight excluding hydrogens is 334 g/mol. The lowest BCUT2D eigenvalue weighted by Crippen LogP contribution is -2.23. The van der Waals surface area contributed by atoms with E-state index in [1.807, 2.05) is 0 Å². The van der Waals surface area contributed by atoms with Gasteiger partial charge in [0.05, 0.1) is 6.61 Å². The van der Waals surface area contributed by atoms with Crippen LogP contribution in [0.3, 0.4) is 0 Å². The van der Waals surface area contributed by atoms with Gasteiger partial charge in [0.2, 0.25) is 0 Å². The predicted octanol–water partition coefficient (Wildman–Crippen LogP) is 7.13. The van der Waals surface area contributed by atoms with Crippen LogP contribution < -0.4 is 0 Å². The molecule has 0 aromatic heterocycles. The Morgan fingerprint density at radius 2 is 0.889 bits per heavy atom. The Morgan fingerprint density at radius 1 is 0.556 bits per heavy atom. The van der Waals surface area contributed by atoms with Crippen LogP contribution in [0.1, 0.15) is 123 Å². The third-order valence-corrected chi connectivity index (χ3v) is 5.70. The topological polar surface area (TPSA) is 29.5 Å². The van der Waals surface area contributed by atoms with Gasteiger partial charge in [0.1, 0.15) is 0 Å². The average molecular weight is 384 g/mol. The van der Waals surface area contributed by atoms with Crippen LogP contribution in [0.15, 0.2) is 0 Å². The molecule has 27 heavy (non-hydrogen) atoms. The van der Waals surface area contributed by atoms with Crippen molar-refractivity contribution < 1.29 is 9.53 Å². The molecule has 0 heterocycles. The molecule has 0 saturated heterocycles. The van der Waals surface area contributed by atoms with Crippen LogP contribution in [-0.2, 0) is 9.53 Å². The Labute approximate surface area is 170 Å². The molecule has 0 atom stereocenters. The van der Waals surface area contributed by atoms with Crippen molar-refractivity contribution in [3.8, 4) is 0 Å². The maximum absolute atomic E-state index is 10.0. The normalized spacial score (nSPS) is 11.2. The number of carbonyl (C=O) groups is 1. The fourth-order valence-corrected chi connectivity index (χ4v) is 3.76. The SMILES string of the molecule is CCN(CC)CCCCCCCCCCCCCCCCCCCOC=O. The highest BCUT2D eigenvalue weighted by Gasteiger charge is 1.98. The number of ether oxygens (including phenoxy) is 1. The summed E-state index contributed by atoms with van der Waals surface area (Å²) < 4.78 is 4.70. The van der Waals surface area contributed by atoms with Gasteiger partial charge >= 0.3 is 0 Å². The molecule has 0 spiro atoms. The van der Waals surface area contributed by atoms with Crippen LogP contribution >= 0.6 is 0 Å². The zero-order chi connectivity index (χ0) is 19.8. The van der Waals surface area contributed by atoms with Crippen molar-refractivity contribution >= 4 is 6.47 Å². The first-order chi connectivity index (χ1) is 13.3. The van der Waals surface area contributed by atoms with Gasteiger partial charge in [0.25, 0.3) is 6.47 Å². The summed E-state index contributed by atoms with van der Waals surface area (Å²) in [5.41, 5.74) is 0. The Bertz CT molecular complexity index is 280. The van der Waals surface area contributed by atoms with Crippen LogP contribution in [-0.4, -0.2) is 37.6 Å². The molecule has 0 rings (SSSR count). The molecule has 0 N–H and O–H groups in total. The van der Waals surface area contributed by atoms with Crippen LogP contribution in [0.2, 0.25) is 0 Å². The zero-order valence-corrected chi connectivity index (χ0v) is 18.7. The van der Waals surface area contributed by atoms with E-state index in [0.29, 0.717) is 13.1 Å². The smallest absolute Gasteiger partial charge is 0.293 e. The Balaban J connectivity index is 3.04. The fraction of sp³-hybridized carbons (Fsp3) is 0.958. The number of rotatable bonds is 23. The number of hydrogen-bond acceptors (Lipinski definition) is 3. The molecule has 0 unspecified atom stereocenters. The van der Waals surface area contributed by atoms with Crippen molar-refractivity contribution in [3.05, 3.63) is 0 Å². The van der Waals surface area contributed by atoms with Crippen molar-refractivity contribution in [3.63, 3.8) is 0 Å². The first-order valence-corrected chi connectivity index (χ1v) is 12.1. The number of hydrogen-bond donors (Lipinski definition) is 0. The van der Waals surface area contributed by atoms with Gasteiger partial charge in [-0.1, -0.05) is 110 Å². The summed E-state index contributed by atoms with van der Waals surface area (Å²) in [4.78, 5) is 12.5. The zero-order valence-electron chi connectivity index (χ0n) is 18.7. The summed E-state index contributed by atoms with van der Waals surface area (Å²) in [5, 5.41) is 0. The molecule has 0 aromatic rings. The molecule has 162 valence electrons. The minimum absolute atomic E-state index is 0.551. The second kappa shape index (κ2) is 23.5. The molecular formula is C24H49NO2. The average Bonchev–Trinajstić information content (AvgIpc) is 2.69. The van der Waals surface area contributed by atoms with Gasteiger partial charge in [0.15, 0.2) is 0 Å². The monoisotopic (exact) mass is 383 g/mol. The summed E-state index contributed by atoms with van der Waals surface area (Å²) >= 11 is 0. The molecule has 0 aromatic carbocycles. The lowest BCUT2D eigenvalue weighted by atomic mass is 10.0. The molecule has 0 radical (unpaired) electrons. The maximum atomic E-state index is 10.0. The Morgan fingerprint density at radius 3 is 1.22 bits per heavy atom. The number of carbonyl (C=O) groups excluding carboxylic acids is 1. The molecule has 0 aliphatic rings. The predicted molar refractivity (Wildman–Crippen MR) is 118 cm³/mol.